The summed E-state index contributed by atoms with van der Waals surface area (Å²) < 4.78 is 35.5. The molecule has 2 N–H and O–H groups in total. The number of alkyl carbamates (subject to hydrolysis) is 1. The second kappa shape index (κ2) is 19.0. The fourth-order valence-corrected chi connectivity index (χ4v) is 5.05. The van der Waals surface area contributed by atoms with Gasteiger partial charge in [-0.3, -0.25) is 24.0 Å². The molecule has 57 heavy (non-hydrogen) atoms. The summed E-state index contributed by atoms with van der Waals surface area (Å²) in [5, 5.41) is 5.37. The van der Waals surface area contributed by atoms with Crippen LogP contribution >= 0.6 is 0 Å². The summed E-state index contributed by atoms with van der Waals surface area (Å²) in [7, 11) is 0. The molecule has 0 aliphatic carbocycles. The molecule has 1 heterocycles. The van der Waals surface area contributed by atoms with E-state index in [1.54, 1.807) is 138 Å². The zero-order chi connectivity index (χ0) is 42.9. The van der Waals surface area contributed by atoms with Crippen LogP contribution in [0.3, 0.4) is 0 Å². The second-order valence-corrected chi connectivity index (χ2v) is 18.3. The first-order valence-electron chi connectivity index (χ1n) is 19.0. The highest BCUT2D eigenvalue weighted by Crippen LogP contribution is 2.33. The van der Waals surface area contributed by atoms with Gasteiger partial charge < -0.3 is 39.1 Å². The molecule has 1 aliphatic rings. The summed E-state index contributed by atoms with van der Waals surface area (Å²) in [5.41, 5.74) is -2.75. The Balaban J connectivity index is 2.12. The molecule has 0 unspecified atom stereocenters. The average Bonchev–Trinajstić information content (AvgIpc) is 3.10. The zero-order valence-electron chi connectivity index (χ0n) is 35.3. The van der Waals surface area contributed by atoms with Crippen LogP contribution in [0.4, 0.5) is 4.79 Å². The van der Waals surface area contributed by atoms with Gasteiger partial charge in [-0.25, -0.2) is 4.79 Å². The molecule has 1 saturated heterocycles. The van der Waals surface area contributed by atoms with E-state index < -0.39 is 101 Å². The van der Waals surface area contributed by atoms with Crippen LogP contribution in [0, 0.1) is 21.7 Å². The Labute approximate surface area is 336 Å². The summed E-state index contributed by atoms with van der Waals surface area (Å²) in [6.45, 7) is 18.9. The van der Waals surface area contributed by atoms with Gasteiger partial charge in [0.15, 0.2) is 24.5 Å². The van der Waals surface area contributed by atoms with E-state index in [1.807, 2.05) is 6.07 Å². The molecule has 0 spiro atoms. The summed E-state index contributed by atoms with van der Waals surface area (Å²) in [4.78, 5) is 81.3. The molecule has 3 rings (SSSR count). The molecule has 1 aliphatic heterocycles. The van der Waals surface area contributed by atoms with Crippen molar-refractivity contribution < 1.29 is 57.2 Å². The minimum absolute atomic E-state index is 0.00710. The minimum atomic E-state index is -1.61. The Kier molecular flexibility index (Phi) is 15.4. The fraction of sp³-hybridized carbons (Fsp3) is 0.581. The SMILES string of the molecule is CC(C)(C)C(=O)OC[C@H]1O[C@@H](NC(=O)[C@H](Cc2ccccc2)NC(=O)OCc2ccccc2)[C@H](OC(=O)C(C)(C)C)[C@@H](OC(=O)C(C)(C)C)[C@H]1OC(=O)C(C)(C)C. The van der Waals surface area contributed by atoms with E-state index in [9.17, 15) is 28.8 Å². The van der Waals surface area contributed by atoms with Crippen molar-refractivity contribution in [2.24, 2.45) is 21.7 Å². The van der Waals surface area contributed by atoms with E-state index >= 15 is 0 Å². The molecule has 1 fully saturated rings. The summed E-state index contributed by atoms with van der Waals surface area (Å²) >= 11 is 0. The maximum absolute atomic E-state index is 14.4. The largest absolute Gasteiger partial charge is 0.462 e. The van der Waals surface area contributed by atoms with E-state index in [0.717, 1.165) is 5.56 Å². The molecule has 2 aromatic carbocycles. The molecular weight excluding hydrogens is 736 g/mol. The van der Waals surface area contributed by atoms with Gasteiger partial charge in [0, 0.05) is 6.42 Å². The lowest BCUT2D eigenvalue weighted by atomic mass is 9.92. The molecule has 6 atom stereocenters. The van der Waals surface area contributed by atoms with Crippen LogP contribution < -0.4 is 10.6 Å². The first kappa shape index (κ1) is 46.4. The third-order valence-corrected chi connectivity index (χ3v) is 8.58. The van der Waals surface area contributed by atoms with Gasteiger partial charge in [0.2, 0.25) is 5.91 Å². The van der Waals surface area contributed by atoms with Crippen LogP contribution in [0.25, 0.3) is 0 Å². The highest BCUT2D eigenvalue weighted by Gasteiger charge is 2.55. The van der Waals surface area contributed by atoms with Crippen molar-refractivity contribution >= 4 is 35.9 Å². The van der Waals surface area contributed by atoms with Crippen molar-refractivity contribution in [1.82, 2.24) is 10.6 Å². The predicted molar refractivity (Wildman–Crippen MR) is 209 cm³/mol. The molecule has 314 valence electrons. The normalized spacial score (nSPS) is 20.6. The molecule has 0 bridgehead atoms. The van der Waals surface area contributed by atoms with Crippen LogP contribution in [0.2, 0.25) is 0 Å². The van der Waals surface area contributed by atoms with Gasteiger partial charge in [-0.15, -0.1) is 0 Å². The number of esters is 4. The van der Waals surface area contributed by atoms with Crippen LogP contribution in [0.1, 0.15) is 94.2 Å². The monoisotopic (exact) mass is 796 g/mol. The number of carbonyl (C=O) groups is 6. The molecule has 14 nitrogen and oxygen atoms in total. The third kappa shape index (κ3) is 14.2. The van der Waals surface area contributed by atoms with E-state index in [-0.39, 0.29) is 13.0 Å². The molecule has 2 aromatic rings. The molecule has 0 aromatic heterocycles. The number of hydrogen-bond donors (Lipinski definition) is 2. The number of ether oxygens (including phenoxy) is 6. The predicted octanol–water partition coefficient (Wildman–Crippen LogP) is 5.83. The van der Waals surface area contributed by atoms with Gasteiger partial charge in [0.25, 0.3) is 0 Å². The van der Waals surface area contributed by atoms with Crippen molar-refractivity contribution in [2.45, 2.75) is 133 Å². The van der Waals surface area contributed by atoms with Gasteiger partial charge in [-0.05, 0) is 94.2 Å². The lowest BCUT2D eigenvalue weighted by molar-refractivity contribution is -0.264. The Morgan fingerprint density at radius 2 is 1.02 bits per heavy atom. The average molecular weight is 797 g/mol. The third-order valence-electron chi connectivity index (χ3n) is 8.58. The summed E-state index contributed by atoms with van der Waals surface area (Å²) in [6, 6.07) is 16.6. The number of rotatable bonds is 12. The van der Waals surface area contributed by atoms with Gasteiger partial charge in [-0.1, -0.05) is 60.7 Å². The van der Waals surface area contributed by atoms with Crippen molar-refractivity contribution in [2.75, 3.05) is 6.61 Å². The van der Waals surface area contributed by atoms with Crippen molar-refractivity contribution in [1.29, 1.82) is 0 Å². The zero-order valence-corrected chi connectivity index (χ0v) is 35.3. The highest BCUT2D eigenvalue weighted by molar-refractivity contribution is 5.86. The molecule has 2 amide bonds. The smallest absolute Gasteiger partial charge is 0.408 e. The number of benzene rings is 2. The van der Waals surface area contributed by atoms with Crippen LogP contribution in [-0.4, -0.2) is 79.2 Å². The number of carbonyl (C=O) groups excluding carboxylic acids is 6. The van der Waals surface area contributed by atoms with Crippen molar-refractivity contribution in [3.63, 3.8) is 0 Å². The maximum Gasteiger partial charge on any atom is 0.408 e. The van der Waals surface area contributed by atoms with Gasteiger partial charge in [0.05, 0.1) is 21.7 Å². The van der Waals surface area contributed by atoms with Crippen molar-refractivity contribution in [3.8, 4) is 0 Å². The summed E-state index contributed by atoms with van der Waals surface area (Å²) in [6.07, 6.45) is -8.50. The molecule has 0 saturated carbocycles. The second-order valence-electron chi connectivity index (χ2n) is 18.3. The Morgan fingerprint density at radius 1 is 0.579 bits per heavy atom. The lowest BCUT2D eigenvalue weighted by Gasteiger charge is -2.46. The number of hydrogen-bond acceptors (Lipinski definition) is 12. The van der Waals surface area contributed by atoms with Gasteiger partial charge in [0.1, 0.15) is 25.4 Å². The van der Waals surface area contributed by atoms with Crippen LogP contribution in [0.5, 0.6) is 0 Å². The van der Waals surface area contributed by atoms with Gasteiger partial charge >= 0.3 is 30.0 Å². The van der Waals surface area contributed by atoms with E-state index in [1.165, 1.54) is 0 Å². The number of nitrogens with one attached hydrogen (secondary N) is 2. The Hall–Kier alpha value is -4.98. The topological polar surface area (TPSA) is 182 Å². The van der Waals surface area contributed by atoms with Gasteiger partial charge in [-0.2, -0.15) is 0 Å². The minimum Gasteiger partial charge on any atom is -0.462 e. The maximum atomic E-state index is 14.4. The fourth-order valence-electron chi connectivity index (χ4n) is 5.05. The first-order valence-corrected chi connectivity index (χ1v) is 19.0. The quantitative estimate of drug-likeness (QED) is 0.194. The Morgan fingerprint density at radius 3 is 1.49 bits per heavy atom. The first-order chi connectivity index (χ1) is 26.3. The van der Waals surface area contributed by atoms with E-state index in [2.05, 4.69) is 10.6 Å². The van der Waals surface area contributed by atoms with E-state index in [4.69, 9.17) is 28.4 Å². The summed E-state index contributed by atoms with van der Waals surface area (Å²) in [5.74, 6) is -3.62. The number of amides is 2. The highest BCUT2D eigenvalue weighted by atomic mass is 16.7. The lowest BCUT2D eigenvalue weighted by Crippen LogP contribution is -2.68. The molecular formula is C43H60N2O12. The van der Waals surface area contributed by atoms with Crippen LogP contribution in [-0.2, 0) is 65.4 Å². The standard InChI is InChI=1S/C43H60N2O12/c1-40(2,3)35(47)52-25-29-30(55-36(48)41(4,5)6)31(56-37(49)42(7,8)9)32(57-38(50)43(10,11)12)34(54-29)45-33(46)28(23-26-19-15-13-16-20-26)44-39(51)53-24-27-21-17-14-18-22-27/h13-22,28-32,34H,23-25H2,1-12H3,(H,44,51)(H,45,46)/t28-,29+,30-,31-,32+,34+/m0/s1. The Bertz CT molecular complexity index is 1700. The van der Waals surface area contributed by atoms with Crippen molar-refractivity contribution in [3.05, 3.63) is 71.8 Å². The van der Waals surface area contributed by atoms with Crippen LogP contribution in [0.15, 0.2) is 60.7 Å². The molecule has 14 heteroatoms. The van der Waals surface area contributed by atoms with E-state index in [0.29, 0.717) is 5.56 Å². The molecule has 0 radical (unpaired) electrons.